The lowest BCUT2D eigenvalue weighted by molar-refractivity contribution is 0.0898. The van der Waals surface area contributed by atoms with E-state index >= 15 is 0 Å². The molecule has 2 rings (SSSR count). The van der Waals surface area contributed by atoms with Gasteiger partial charge in [-0.15, -0.1) is 0 Å². The second kappa shape index (κ2) is 4.00. The predicted molar refractivity (Wildman–Crippen MR) is 57.6 cm³/mol. The number of aliphatic hydroxyl groups is 1. The van der Waals surface area contributed by atoms with Crippen molar-refractivity contribution in [2.75, 3.05) is 13.6 Å². The maximum Gasteiger partial charge on any atom is 0.320 e. The van der Waals surface area contributed by atoms with E-state index in [1.807, 2.05) is 16.8 Å². The Balaban J connectivity index is 1.97. The molecule has 1 aliphatic heterocycles. The van der Waals surface area contributed by atoms with Crippen LogP contribution in [0.1, 0.15) is 32.6 Å². The minimum absolute atomic E-state index is 0.144. The second-order valence-corrected chi connectivity index (χ2v) is 4.86. The Bertz CT molecular complexity index is 249. The molecule has 1 heterocycles. The van der Waals surface area contributed by atoms with Crippen LogP contribution < -0.4 is 0 Å². The standard InChI is InChI=1S/C11H20N2O2/c1-8-7-13(11(15)12(8)2)9-3-5-10(14)6-4-9/h8-10,14H,3-7H2,1-2H3. The summed E-state index contributed by atoms with van der Waals surface area (Å²) in [5.41, 5.74) is 0. The molecule has 0 aromatic heterocycles. The molecule has 1 atom stereocenters. The lowest BCUT2D eigenvalue weighted by atomic mass is 9.92. The molecule has 2 fully saturated rings. The fourth-order valence-corrected chi connectivity index (χ4v) is 2.55. The molecule has 0 radical (unpaired) electrons. The fraction of sp³-hybridized carbons (Fsp3) is 0.909. The van der Waals surface area contributed by atoms with E-state index in [0.717, 1.165) is 32.2 Å². The molecule has 1 saturated heterocycles. The van der Waals surface area contributed by atoms with Crippen LogP contribution in [-0.4, -0.2) is 52.7 Å². The van der Waals surface area contributed by atoms with E-state index in [9.17, 15) is 9.90 Å². The molecule has 1 unspecified atom stereocenters. The monoisotopic (exact) mass is 212 g/mol. The van der Waals surface area contributed by atoms with Crippen molar-refractivity contribution in [3.63, 3.8) is 0 Å². The molecular weight excluding hydrogens is 192 g/mol. The summed E-state index contributed by atoms with van der Waals surface area (Å²) in [6, 6.07) is 0.835. The van der Waals surface area contributed by atoms with E-state index in [2.05, 4.69) is 6.92 Å². The summed E-state index contributed by atoms with van der Waals surface area (Å²) in [5, 5.41) is 9.43. The minimum Gasteiger partial charge on any atom is -0.393 e. The molecule has 2 aliphatic rings. The first-order valence-electron chi connectivity index (χ1n) is 5.81. The molecule has 1 aliphatic carbocycles. The lowest BCUT2D eigenvalue weighted by Gasteiger charge is -2.32. The molecule has 1 N–H and O–H groups in total. The van der Waals surface area contributed by atoms with Gasteiger partial charge in [-0.25, -0.2) is 4.79 Å². The predicted octanol–water partition coefficient (Wildman–Crippen LogP) is 1.05. The van der Waals surface area contributed by atoms with Crippen LogP contribution >= 0.6 is 0 Å². The Morgan fingerprint density at radius 2 is 1.87 bits per heavy atom. The Morgan fingerprint density at radius 1 is 1.27 bits per heavy atom. The van der Waals surface area contributed by atoms with Gasteiger partial charge in [0.05, 0.1) is 6.10 Å². The third kappa shape index (κ3) is 1.95. The number of carbonyl (C=O) groups excluding carboxylic acids is 1. The van der Waals surface area contributed by atoms with Crippen molar-refractivity contribution in [3.05, 3.63) is 0 Å². The van der Waals surface area contributed by atoms with Gasteiger partial charge in [-0.1, -0.05) is 0 Å². The summed E-state index contributed by atoms with van der Waals surface area (Å²) < 4.78 is 0. The molecule has 0 bridgehead atoms. The van der Waals surface area contributed by atoms with Gasteiger partial charge in [-0.3, -0.25) is 0 Å². The average molecular weight is 212 g/mol. The topological polar surface area (TPSA) is 43.8 Å². The zero-order valence-electron chi connectivity index (χ0n) is 9.52. The van der Waals surface area contributed by atoms with E-state index in [4.69, 9.17) is 0 Å². The first-order valence-corrected chi connectivity index (χ1v) is 5.81. The molecule has 4 nitrogen and oxygen atoms in total. The summed E-state index contributed by atoms with van der Waals surface area (Å²) in [7, 11) is 1.87. The number of carbonyl (C=O) groups is 1. The molecular formula is C11H20N2O2. The van der Waals surface area contributed by atoms with Gasteiger partial charge in [0.2, 0.25) is 0 Å². The third-order valence-corrected chi connectivity index (χ3v) is 3.78. The van der Waals surface area contributed by atoms with E-state index in [0.29, 0.717) is 12.1 Å². The highest BCUT2D eigenvalue weighted by molar-refractivity contribution is 5.77. The third-order valence-electron chi connectivity index (χ3n) is 3.78. The van der Waals surface area contributed by atoms with Gasteiger partial charge in [0, 0.05) is 25.7 Å². The van der Waals surface area contributed by atoms with Crippen molar-refractivity contribution in [1.82, 2.24) is 9.80 Å². The van der Waals surface area contributed by atoms with E-state index in [1.165, 1.54) is 0 Å². The van der Waals surface area contributed by atoms with Crippen LogP contribution in [0.4, 0.5) is 4.79 Å². The number of rotatable bonds is 1. The van der Waals surface area contributed by atoms with Crippen LogP contribution in [0.25, 0.3) is 0 Å². The molecule has 0 aromatic carbocycles. The van der Waals surface area contributed by atoms with Crippen molar-refractivity contribution in [2.24, 2.45) is 0 Å². The lowest BCUT2D eigenvalue weighted by Crippen LogP contribution is -2.41. The van der Waals surface area contributed by atoms with Crippen molar-refractivity contribution in [2.45, 2.75) is 50.8 Å². The van der Waals surface area contributed by atoms with Gasteiger partial charge < -0.3 is 14.9 Å². The zero-order chi connectivity index (χ0) is 11.0. The number of nitrogens with zero attached hydrogens (tertiary/aromatic N) is 2. The first kappa shape index (κ1) is 10.7. The number of aliphatic hydroxyl groups excluding tert-OH is 1. The fourth-order valence-electron chi connectivity index (χ4n) is 2.55. The molecule has 1 saturated carbocycles. The first-order chi connectivity index (χ1) is 7.09. The van der Waals surface area contributed by atoms with Crippen LogP contribution in [-0.2, 0) is 0 Å². The van der Waals surface area contributed by atoms with Crippen LogP contribution in [0.5, 0.6) is 0 Å². The summed E-state index contributed by atoms with van der Waals surface area (Å²) >= 11 is 0. The SMILES string of the molecule is CC1CN(C2CCC(O)CC2)C(=O)N1C. The highest BCUT2D eigenvalue weighted by Crippen LogP contribution is 2.27. The van der Waals surface area contributed by atoms with Crippen molar-refractivity contribution < 1.29 is 9.90 Å². The highest BCUT2D eigenvalue weighted by atomic mass is 16.3. The van der Waals surface area contributed by atoms with Crippen molar-refractivity contribution in [3.8, 4) is 0 Å². The van der Waals surface area contributed by atoms with Crippen molar-refractivity contribution in [1.29, 1.82) is 0 Å². The van der Waals surface area contributed by atoms with Gasteiger partial charge in [-0.2, -0.15) is 0 Å². The zero-order valence-corrected chi connectivity index (χ0v) is 9.52. The number of amides is 2. The second-order valence-electron chi connectivity index (χ2n) is 4.86. The van der Waals surface area contributed by atoms with E-state index in [-0.39, 0.29) is 12.1 Å². The summed E-state index contributed by atoms with van der Waals surface area (Å²) in [5.74, 6) is 0. The maximum absolute atomic E-state index is 11.9. The van der Waals surface area contributed by atoms with Crippen LogP contribution in [0.2, 0.25) is 0 Å². The van der Waals surface area contributed by atoms with Crippen LogP contribution in [0, 0.1) is 0 Å². The number of likely N-dealkylation sites (N-methyl/N-ethyl adjacent to an activating group) is 1. The van der Waals surface area contributed by atoms with E-state index in [1.54, 1.807) is 0 Å². The van der Waals surface area contributed by atoms with Crippen LogP contribution in [0.3, 0.4) is 0 Å². The highest BCUT2D eigenvalue weighted by Gasteiger charge is 2.37. The van der Waals surface area contributed by atoms with Gasteiger partial charge in [0.25, 0.3) is 0 Å². The normalized spacial score (nSPS) is 37.5. The molecule has 86 valence electrons. The largest absolute Gasteiger partial charge is 0.393 e. The summed E-state index contributed by atoms with van der Waals surface area (Å²) in [6.45, 7) is 2.92. The van der Waals surface area contributed by atoms with Crippen molar-refractivity contribution >= 4 is 6.03 Å². The summed E-state index contributed by atoms with van der Waals surface area (Å²) in [6.07, 6.45) is 3.44. The minimum atomic E-state index is -0.144. The number of urea groups is 1. The van der Waals surface area contributed by atoms with Gasteiger partial charge in [0.15, 0.2) is 0 Å². The Hall–Kier alpha value is -0.770. The smallest absolute Gasteiger partial charge is 0.320 e. The maximum atomic E-state index is 11.9. The van der Waals surface area contributed by atoms with Gasteiger partial charge in [0.1, 0.15) is 0 Å². The average Bonchev–Trinajstić information content (AvgIpc) is 2.47. The number of hydrogen-bond donors (Lipinski definition) is 1. The summed E-state index contributed by atoms with van der Waals surface area (Å²) in [4.78, 5) is 15.7. The Kier molecular flexibility index (Phi) is 2.87. The van der Waals surface area contributed by atoms with E-state index < -0.39 is 0 Å². The van der Waals surface area contributed by atoms with Gasteiger partial charge >= 0.3 is 6.03 Å². The molecule has 4 heteroatoms. The van der Waals surface area contributed by atoms with Crippen LogP contribution in [0.15, 0.2) is 0 Å². The molecule has 0 aromatic rings. The Morgan fingerprint density at radius 3 is 2.33 bits per heavy atom. The number of hydrogen-bond acceptors (Lipinski definition) is 2. The Labute approximate surface area is 90.9 Å². The molecule has 15 heavy (non-hydrogen) atoms. The molecule has 2 amide bonds. The van der Waals surface area contributed by atoms with Gasteiger partial charge in [-0.05, 0) is 32.6 Å². The molecule has 0 spiro atoms. The quantitative estimate of drug-likeness (QED) is 0.706.